The Morgan fingerprint density at radius 1 is 0.861 bits per heavy atom. The van der Waals surface area contributed by atoms with Gasteiger partial charge in [0.2, 0.25) is 11.8 Å². The minimum absolute atomic E-state index is 0.0191. The highest BCUT2D eigenvalue weighted by molar-refractivity contribution is 7.99. The normalized spacial score (nSPS) is 12.6. The number of rotatable bonds is 12. The zero-order valence-electron chi connectivity index (χ0n) is 21.9. The summed E-state index contributed by atoms with van der Waals surface area (Å²) in [6, 6.07) is 25.9. The molecule has 0 aliphatic carbocycles. The van der Waals surface area contributed by atoms with Gasteiger partial charge in [-0.3, -0.25) is 9.59 Å². The molecule has 0 spiro atoms. The third-order valence-electron chi connectivity index (χ3n) is 6.28. The summed E-state index contributed by atoms with van der Waals surface area (Å²) in [5.41, 5.74) is 5.62. The molecule has 3 aromatic carbocycles. The Morgan fingerprint density at radius 3 is 2.11 bits per heavy atom. The molecule has 0 fully saturated rings. The van der Waals surface area contributed by atoms with E-state index in [1.165, 1.54) is 11.1 Å². The molecule has 36 heavy (non-hydrogen) atoms. The molecule has 0 saturated heterocycles. The van der Waals surface area contributed by atoms with Crippen LogP contribution in [0.3, 0.4) is 0 Å². The van der Waals surface area contributed by atoms with Gasteiger partial charge in [0.05, 0.1) is 5.75 Å². The molecule has 0 bridgehead atoms. The van der Waals surface area contributed by atoms with Gasteiger partial charge in [-0.1, -0.05) is 96.9 Å². The van der Waals surface area contributed by atoms with Crippen LogP contribution in [-0.2, 0) is 28.3 Å². The van der Waals surface area contributed by atoms with Crippen molar-refractivity contribution in [3.63, 3.8) is 0 Å². The summed E-state index contributed by atoms with van der Waals surface area (Å²) in [5.74, 6) is 0.961. The van der Waals surface area contributed by atoms with Crippen LogP contribution in [0.15, 0.2) is 78.9 Å². The number of nitrogens with zero attached hydrogens (tertiary/aromatic N) is 1. The highest BCUT2D eigenvalue weighted by Crippen LogP contribution is 2.19. The second kappa shape index (κ2) is 13.9. The molecule has 1 N–H and O–H groups in total. The van der Waals surface area contributed by atoms with Gasteiger partial charge in [0, 0.05) is 24.8 Å². The standard InChI is InChI=1S/C31H38N2O2S/c1-5-25(4)32-31(35)29(19-26-13-7-6-8-14-26)33(20-27-15-9-11-23(2)17-27)30(34)22-36-21-28-16-10-12-24(3)18-28/h6-18,25,29H,5,19-22H2,1-4H3,(H,32,35)/t25-,29-/m0/s1. The lowest BCUT2D eigenvalue weighted by atomic mass is 10.0. The molecule has 3 rings (SSSR count). The van der Waals surface area contributed by atoms with Crippen LogP contribution in [-0.4, -0.2) is 34.6 Å². The molecule has 0 aliphatic rings. The first-order valence-electron chi connectivity index (χ1n) is 12.7. The van der Waals surface area contributed by atoms with Crippen molar-refractivity contribution in [3.05, 3.63) is 107 Å². The lowest BCUT2D eigenvalue weighted by molar-refractivity contribution is -0.139. The lowest BCUT2D eigenvalue weighted by Crippen LogP contribution is -2.52. The number of carbonyl (C=O) groups is 2. The Hall–Kier alpha value is -3.05. The fourth-order valence-electron chi connectivity index (χ4n) is 4.14. The molecule has 0 unspecified atom stereocenters. The second-order valence-corrected chi connectivity index (χ2v) is 10.5. The molecule has 2 atom stereocenters. The topological polar surface area (TPSA) is 49.4 Å². The van der Waals surface area contributed by atoms with E-state index in [2.05, 4.69) is 43.4 Å². The number of benzene rings is 3. The molecule has 3 aromatic rings. The van der Waals surface area contributed by atoms with Gasteiger partial charge in [0.15, 0.2) is 0 Å². The molecular formula is C31H38N2O2S. The van der Waals surface area contributed by atoms with Crippen LogP contribution in [0.2, 0.25) is 0 Å². The summed E-state index contributed by atoms with van der Waals surface area (Å²) < 4.78 is 0. The third kappa shape index (κ3) is 8.56. The maximum Gasteiger partial charge on any atom is 0.243 e. The number of aryl methyl sites for hydroxylation is 2. The molecule has 0 saturated carbocycles. The zero-order chi connectivity index (χ0) is 25.9. The van der Waals surface area contributed by atoms with Gasteiger partial charge in [-0.25, -0.2) is 0 Å². The second-order valence-electron chi connectivity index (χ2n) is 9.52. The van der Waals surface area contributed by atoms with E-state index < -0.39 is 6.04 Å². The van der Waals surface area contributed by atoms with Crippen molar-refractivity contribution in [1.29, 1.82) is 0 Å². The average Bonchev–Trinajstić information content (AvgIpc) is 2.86. The number of amides is 2. The van der Waals surface area contributed by atoms with Crippen molar-refractivity contribution in [2.45, 2.75) is 64.9 Å². The third-order valence-corrected chi connectivity index (χ3v) is 7.27. The maximum atomic E-state index is 13.7. The summed E-state index contributed by atoms with van der Waals surface area (Å²) >= 11 is 1.60. The van der Waals surface area contributed by atoms with Crippen LogP contribution >= 0.6 is 11.8 Å². The SMILES string of the molecule is CC[C@H](C)NC(=O)[C@H](Cc1ccccc1)N(Cc1cccc(C)c1)C(=O)CSCc1cccc(C)c1. The van der Waals surface area contributed by atoms with Gasteiger partial charge in [-0.05, 0) is 43.9 Å². The smallest absolute Gasteiger partial charge is 0.243 e. The fourth-order valence-corrected chi connectivity index (χ4v) is 5.00. The van der Waals surface area contributed by atoms with Gasteiger partial charge < -0.3 is 10.2 Å². The minimum atomic E-state index is -0.589. The Bertz CT molecular complexity index is 1130. The predicted octanol–water partition coefficient (Wildman–Crippen LogP) is 6.09. The monoisotopic (exact) mass is 502 g/mol. The van der Waals surface area contributed by atoms with Crippen LogP contribution in [0.25, 0.3) is 0 Å². The first-order chi connectivity index (χ1) is 17.4. The van der Waals surface area contributed by atoms with Crippen LogP contribution < -0.4 is 5.32 Å². The van der Waals surface area contributed by atoms with E-state index in [1.807, 2.05) is 68.4 Å². The number of thioether (sulfide) groups is 1. The summed E-state index contributed by atoms with van der Waals surface area (Å²) in [7, 11) is 0. The number of hydrogen-bond donors (Lipinski definition) is 1. The quantitative estimate of drug-likeness (QED) is 0.326. The number of nitrogens with one attached hydrogen (secondary N) is 1. The van der Waals surface area contributed by atoms with Crippen LogP contribution in [0.5, 0.6) is 0 Å². The molecule has 0 radical (unpaired) electrons. The average molecular weight is 503 g/mol. The van der Waals surface area contributed by atoms with Crippen molar-refractivity contribution in [2.24, 2.45) is 0 Å². The summed E-state index contributed by atoms with van der Waals surface area (Å²) in [6.07, 6.45) is 1.31. The Labute approximate surface area is 220 Å². The van der Waals surface area contributed by atoms with Crippen molar-refractivity contribution in [3.8, 4) is 0 Å². The molecule has 0 aromatic heterocycles. The fraction of sp³-hybridized carbons (Fsp3) is 0.355. The van der Waals surface area contributed by atoms with E-state index in [0.29, 0.717) is 18.7 Å². The number of carbonyl (C=O) groups excluding carboxylic acids is 2. The first kappa shape index (κ1) is 27.5. The first-order valence-corrected chi connectivity index (χ1v) is 13.8. The predicted molar refractivity (Wildman–Crippen MR) is 151 cm³/mol. The van der Waals surface area contributed by atoms with E-state index in [9.17, 15) is 9.59 Å². The van der Waals surface area contributed by atoms with Gasteiger partial charge in [-0.2, -0.15) is 0 Å². The molecule has 0 aliphatic heterocycles. The van der Waals surface area contributed by atoms with E-state index in [4.69, 9.17) is 0 Å². The van der Waals surface area contributed by atoms with Gasteiger partial charge in [0.25, 0.3) is 0 Å². The van der Waals surface area contributed by atoms with Crippen molar-refractivity contribution in [1.82, 2.24) is 10.2 Å². The summed E-state index contributed by atoms with van der Waals surface area (Å²) in [4.78, 5) is 29.0. The van der Waals surface area contributed by atoms with Gasteiger partial charge in [-0.15, -0.1) is 11.8 Å². The van der Waals surface area contributed by atoms with E-state index >= 15 is 0 Å². The largest absolute Gasteiger partial charge is 0.352 e. The van der Waals surface area contributed by atoms with Crippen LogP contribution in [0, 0.1) is 13.8 Å². The van der Waals surface area contributed by atoms with Gasteiger partial charge in [0.1, 0.15) is 6.04 Å². The Morgan fingerprint density at radius 2 is 1.47 bits per heavy atom. The van der Waals surface area contributed by atoms with Crippen molar-refractivity contribution < 1.29 is 9.59 Å². The Kier molecular flexibility index (Phi) is 10.6. The minimum Gasteiger partial charge on any atom is -0.352 e. The summed E-state index contributed by atoms with van der Waals surface area (Å²) in [5, 5.41) is 3.13. The zero-order valence-corrected chi connectivity index (χ0v) is 22.7. The highest BCUT2D eigenvalue weighted by Gasteiger charge is 2.30. The number of hydrogen-bond acceptors (Lipinski definition) is 3. The molecule has 2 amide bonds. The van der Waals surface area contributed by atoms with Crippen LogP contribution in [0.4, 0.5) is 0 Å². The van der Waals surface area contributed by atoms with Gasteiger partial charge >= 0.3 is 0 Å². The molecule has 4 nitrogen and oxygen atoms in total. The molecule has 0 heterocycles. The van der Waals surface area contributed by atoms with Crippen molar-refractivity contribution >= 4 is 23.6 Å². The van der Waals surface area contributed by atoms with E-state index in [0.717, 1.165) is 28.9 Å². The molecular weight excluding hydrogens is 464 g/mol. The highest BCUT2D eigenvalue weighted by atomic mass is 32.2. The molecule has 190 valence electrons. The van der Waals surface area contributed by atoms with E-state index in [1.54, 1.807) is 16.7 Å². The van der Waals surface area contributed by atoms with Crippen molar-refractivity contribution in [2.75, 3.05) is 5.75 Å². The molecule has 5 heteroatoms. The van der Waals surface area contributed by atoms with E-state index in [-0.39, 0.29) is 17.9 Å². The Balaban J connectivity index is 1.85. The lowest BCUT2D eigenvalue weighted by Gasteiger charge is -2.32. The van der Waals surface area contributed by atoms with Crippen LogP contribution in [0.1, 0.15) is 48.1 Å². The summed E-state index contributed by atoms with van der Waals surface area (Å²) in [6.45, 7) is 8.57. The maximum absolute atomic E-state index is 13.7.